The van der Waals surface area contributed by atoms with E-state index < -0.39 is 5.54 Å². The number of halogens is 1. The summed E-state index contributed by atoms with van der Waals surface area (Å²) >= 11 is 3.40. The molecule has 2 rings (SSSR count). The molecule has 3 N–H and O–H groups in total. The second-order valence-corrected chi connectivity index (χ2v) is 6.24. The lowest BCUT2D eigenvalue weighted by Gasteiger charge is -2.36. The van der Waals surface area contributed by atoms with Gasteiger partial charge in [-0.1, -0.05) is 35.2 Å². The fraction of sp³-hybridized carbons (Fsp3) is 0.500. The highest BCUT2D eigenvalue weighted by molar-refractivity contribution is 9.10. The first kappa shape index (κ1) is 13.4. The molecule has 1 unspecified atom stereocenters. The van der Waals surface area contributed by atoms with Gasteiger partial charge in [0.2, 0.25) is 5.91 Å². The topological polar surface area (TPSA) is 55.1 Å². The van der Waals surface area contributed by atoms with Crippen molar-refractivity contribution in [1.82, 2.24) is 0 Å². The van der Waals surface area contributed by atoms with Crippen LogP contribution >= 0.6 is 15.9 Å². The quantitative estimate of drug-likeness (QED) is 0.876. The van der Waals surface area contributed by atoms with E-state index in [0.29, 0.717) is 5.92 Å². The molecule has 4 heteroatoms. The van der Waals surface area contributed by atoms with Gasteiger partial charge >= 0.3 is 0 Å². The van der Waals surface area contributed by atoms with Crippen LogP contribution < -0.4 is 11.1 Å². The van der Waals surface area contributed by atoms with Crippen molar-refractivity contribution in [2.75, 3.05) is 5.32 Å². The van der Waals surface area contributed by atoms with Gasteiger partial charge in [0.15, 0.2) is 0 Å². The molecule has 1 atom stereocenters. The van der Waals surface area contributed by atoms with Crippen LogP contribution in [0.1, 0.15) is 32.6 Å². The van der Waals surface area contributed by atoms with Gasteiger partial charge in [-0.25, -0.2) is 0 Å². The maximum Gasteiger partial charge on any atom is 0.242 e. The van der Waals surface area contributed by atoms with E-state index in [-0.39, 0.29) is 5.91 Å². The number of anilines is 1. The smallest absolute Gasteiger partial charge is 0.242 e. The number of carbonyl (C=O) groups is 1. The highest BCUT2D eigenvalue weighted by Gasteiger charge is 2.35. The van der Waals surface area contributed by atoms with Crippen LogP contribution in [-0.2, 0) is 4.79 Å². The molecule has 18 heavy (non-hydrogen) atoms. The van der Waals surface area contributed by atoms with Crippen molar-refractivity contribution in [3.05, 3.63) is 28.7 Å². The van der Waals surface area contributed by atoms with Crippen LogP contribution in [0.4, 0.5) is 5.69 Å². The predicted octanol–water partition coefficient (Wildman–Crippen LogP) is 3.30. The van der Waals surface area contributed by atoms with E-state index in [1.807, 2.05) is 31.2 Å². The van der Waals surface area contributed by atoms with Gasteiger partial charge in [0.25, 0.3) is 0 Å². The fourth-order valence-corrected chi connectivity index (χ4v) is 2.60. The summed E-state index contributed by atoms with van der Waals surface area (Å²) in [5.74, 6) is 0.350. The number of nitrogens with one attached hydrogen (secondary N) is 1. The normalized spacial score (nSPS) is 18.8. The summed E-state index contributed by atoms with van der Waals surface area (Å²) in [6, 6.07) is 7.80. The highest BCUT2D eigenvalue weighted by Crippen LogP contribution is 2.35. The lowest BCUT2D eigenvalue weighted by atomic mass is 9.76. The van der Waals surface area contributed by atoms with E-state index in [1.165, 1.54) is 19.3 Å². The number of primary amides is 1. The Kier molecular flexibility index (Phi) is 3.95. The third-order valence-electron chi connectivity index (χ3n) is 3.73. The Morgan fingerprint density at radius 3 is 2.50 bits per heavy atom. The number of carbonyl (C=O) groups excluding carboxylic acids is 1. The largest absolute Gasteiger partial charge is 0.371 e. The van der Waals surface area contributed by atoms with Crippen LogP contribution in [0.25, 0.3) is 0 Å². The minimum absolute atomic E-state index is 0.280. The Balaban J connectivity index is 2.09. The van der Waals surface area contributed by atoms with Crippen LogP contribution in [0.15, 0.2) is 28.7 Å². The van der Waals surface area contributed by atoms with E-state index >= 15 is 0 Å². The van der Waals surface area contributed by atoms with E-state index in [0.717, 1.165) is 16.6 Å². The summed E-state index contributed by atoms with van der Waals surface area (Å²) in [4.78, 5) is 11.7. The van der Waals surface area contributed by atoms with Crippen LogP contribution in [0.2, 0.25) is 0 Å². The Morgan fingerprint density at radius 2 is 2.06 bits per heavy atom. The van der Waals surface area contributed by atoms with E-state index in [9.17, 15) is 4.79 Å². The molecule has 0 bridgehead atoms. The lowest BCUT2D eigenvalue weighted by Crippen LogP contribution is -2.49. The number of amides is 1. The fourth-order valence-electron chi connectivity index (χ4n) is 2.34. The first-order valence-corrected chi connectivity index (χ1v) is 7.12. The van der Waals surface area contributed by atoms with Gasteiger partial charge in [-0.15, -0.1) is 0 Å². The standard InChI is InChI=1S/C14H19BrN2O/c1-14(13(16)18,9-10-3-2-4-10)17-12-7-5-11(15)6-8-12/h5-8,10,17H,2-4,9H2,1H3,(H2,16,18). The maximum atomic E-state index is 11.7. The molecule has 3 nitrogen and oxygen atoms in total. The molecule has 0 aromatic heterocycles. The summed E-state index contributed by atoms with van der Waals surface area (Å²) in [6.07, 6.45) is 4.52. The average molecular weight is 311 g/mol. The molecule has 0 saturated heterocycles. The molecule has 1 aliphatic rings. The molecular formula is C14H19BrN2O. The molecule has 0 spiro atoms. The van der Waals surface area contributed by atoms with Crippen LogP contribution in [0.5, 0.6) is 0 Å². The Hall–Kier alpha value is -1.03. The molecule has 1 aliphatic carbocycles. The van der Waals surface area contributed by atoms with Gasteiger partial charge in [-0.05, 0) is 43.5 Å². The monoisotopic (exact) mass is 310 g/mol. The Labute approximate surface area is 116 Å². The van der Waals surface area contributed by atoms with Crippen LogP contribution in [0, 0.1) is 5.92 Å². The zero-order valence-electron chi connectivity index (χ0n) is 10.6. The van der Waals surface area contributed by atoms with Crippen molar-refractivity contribution < 1.29 is 4.79 Å². The second kappa shape index (κ2) is 5.31. The zero-order valence-corrected chi connectivity index (χ0v) is 12.2. The molecule has 0 aliphatic heterocycles. The Morgan fingerprint density at radius 1 is 1.44 bits per heavy atom. The highest BCUT2D eigenvalue weighted by atomic mass is 79.9. The van der Waals surface area contributed by atoms with E-state index in [4.69, 9.17) is 5.73 Å². The van der Waals surface area contributed by atoms with Crippen molar-refractivity contribution in [1.29, 1.82) is 0 Å². The summed E-state index contributed by atoms with van der Waals surface area (Å²) in [7, 11) is 0. The summed E-state index contributed by atoms with van der Waals surface area (Å²) in [5, 5.41) is 3.29. The third kappa shape index (κ3) is 3.05. The first-order chi connectivity index (χ1) is 8.49. The zero-order chi connectivity index (χ0) is 13.2. The molecule has 0 radical (unpaired) electrons. The second-order valence-electron chi connectivity index (χ2n) is 5.33. The molecule has 0 heterocycles. The predicted molar refractivity (Wildman–Crippen MR) is 77.3 cm³/mol. The number of hydrogen-bond acceptors (Lipinski definition) is 2. The number of benzene rings is 1. The number of hydrogen-bond donors (Lipinski definition) is 2. The summed E-state index contributed by atoms with van der Waals surface area (Å²) in [6.45, 7) is 1.90. The molecule has 1 aromatic rings. The lowest BCUT2D eigenvalue weighted by molar-refractivity contribution is -0.122. The number of rotatable bonds is 5. The first-order valence-electron chi connectivity index (χ1n) is 6.33. The Bertz CT molecular complexity index is 428. The van der Waals surface area contributed by atoms with Crippen molar-refractivity contribution in [2.24, 2.45) is 11.7 Å². The molecule has 1 saturated carbocycles. The van der Waals surface area contributed by atoms with E-state index in [1.54, 1.807) is 0 Å². The van der Waals surface area contributed by atoms with Gasteiger partial charge in [0, 0.05) is 10.2 Å². The van der Waals surface area contributed by atoms with Crippen LogP contribution in [0.3, 0.4) is 0 Å². The van der Waals surface area contributed by atoms with Crippen molar-refractivity contribution in [3.8, 4) is 0 Å². The van der Waals surface area contributed by atoms with Crippen molar-refractivity contribution >= 4 is 27.5 Å². The van der Waals surface area contributed by atoms with Gasteiger partial charge < -0.3 is 11.1 Å². The third-order valence-corrected chi connectivity index (χ3v) is 4.26. The van der Waals surface area contributed by atoms with Gasteiger partial charge in [-0.2, -0.15) is 0 Å². The van der Waals surface area contributed by atoms with Gasteiger partial charge in [-0.3, -0.25) is 4.79 Å². The molecule has 1 fully saturated rings. The molecular weight excluding hydrogens is 292 g/mol. The van der Waals surface area contributed by atoms with Crippen molar-refractivity contribution in [3.63, 3.8) is 0 Å². The average Bonchev–Trinajstić information content (AvgIpc) is 2.27. The summed E-state index contributed by atoms with van der Waals surface area (Å²) < 4.78 is 1.02. The number of nitrogens with two attached hydrogens (primary N) is 1. The minimum Gasteiger partial charge on any atom is -0.371 e. The molecule has 1 amide bonds. The minimum atomic E-state index is -0.654. The van der Waals surface area contributed by atoms with Gasteiger partial charge in [0.1, 0.15) is 5.54 Å². The maximum absolute atomic E-state index is 11.7. The van der Waals surface area contributed by atoms with Crippen molar-refractivity contribution in [2.45, 2.75) is 38.1 Å². The molecule has 1 aromatic carbocycles. The van der Waals surface area contributed by atoms with Gasteiger partial charge in [0.05, 0.1) is 0 Å². The molecule has 98 valence electrons. The SMILES string of the molecule is CC(CC1CCC1)(Nc1ccc(Br)cc1)C(N)=O. The summed E-state index contributed by atoms with van der Waals surface area (Å²) in [5.41, 5.74) is 5.84. The van der Waals surface area contributed by atoms with E-state index in [2.05, 4.69) is 21.2 Å². The van der Waals surface area contributed by atoms with Crippen LogP contribution in [-0.4, -0.2) is 11.4 Å².